The van der Waals surface area contributed by atoms with Crippen molar-refractivity contribution in [3.8, 4) is 0 Å². The van der Waals surface area contributed by atoms with Crippen LogP contribution in [0, 0.1) is 5.82 Å². The van der Waals surface area contributed by atoms with Gasteiger partial charge in [0.05, 0.1) is 11.3 Å². The highest BCUT2D eigenvalue weighted by molar-refractivity contribution is 5.93. The molecule has 5 nitrogen and oxygen atoms in total. The second-order valence-corrected chi connectivity index (χ2v) is 4.46. The number of urea groups is 1. The molecule has 0 aromatic heterocycles. The lowest BCUT2D eigenvalue weighted by atomic mass is 10.2. The van der Waals surface area contributed by atoms with Crippen molar-refractivity contribution in [2.75, 3.05) is 11.9 Å². The Bertz CT molecular complexity index is 529. The van der Waals surface area contributed by atoms with E-state index in [1.54, 1.807) is 6.08 Å². The van der Waals surface area contributed by atoms with Gasteiger partial charge in [-0.3, -0.25) is 0 Å². The van der Waals surface area contributed by atoms with E-state index in [0.717, 1.165) is 18.2 Å². The molecule has 20 heavy (non-hydrogen) atoms. The monoisotopic (exact) mass is 280 g/mol. The van der Waals surface area contributed by atoms with Crippen LogP contribution in [0.1, 0.15) is 24.2 Å². The molecular weight excluding hydrogens is 263 g/mol. The molecule has 1 aromatic carbocycles. The molecule has 2 amide bonds. The number of carboxylic acids is 1. The molecule has 0 aliphatic carbocycles. The van der Waals surface area contributed by atoms with Crippen molar-refractivity contribution >= 4 is 17.7 Å². The van der Waals surface area contributed by atoms with Gasteiger partial charge in [-0.25, -0.2) is 14.0 Å². The van der Waals surface area contributed by atoms with Crippen LogP contribution in [0.15, 0.2) is 30.9 Å². The zero-order valence-electron chi connectivity index (χ0n) is 11.4. The van der Waals surface area contributed by atoms with Gasteiger partial charge >= 0.3 is 12.0 Å². The minimum absolute atomic E-state index is 0.0958. The number of rotatable bonds is 5. The van der Waals surface area contributed by atoms with E-state index in [2.05, 4.69) is 11.9 Å². The van der Waals surface area contributed by atoms with Gasteiger partial charge in [-0.05, 0) is 32.0 Å². The van der Waals surface area contributed by atoms with Crippen molar-refractivity contribution in [3.63, 3.8) is 0 Å². The van der Waals surface area contributed by atoms with Crippen molar-refractivity contribution in [2.24, 2.45) is 0 Å². The first kappa shape index (κ1) is 15.7. The lowest BCUT2D eigenvalue weighted by Crippen LogP contribution is -2.40. The van der Waals surface area contributed by atoms with E-state index in [-0.39, 0.29) is 17.3 Å². The predicted molar refractivity (Wildman–Crippen MR) is 74.4 cm³/mol. The zero-order valence-corrected chi connectivity index (χ0v) is 11.4. The SMILES string of the molecule is C=CCN(C(=O)Nc1cc(C(=O)O)ccc1F)C(C)C. The number of anilines is 1. The van der Waals surface area contributed by atoms with Crippen LogP contribution < -0.4 is 5.32 Å². The number of aromatic carboxylic acids is 1. The Morgan fingerprint density at radius 3 is 2.65 bits per heavy atom. The summed E-state index contributed by atoms with van der Waals surface area (Å²) in [6, 6.07) is 2.62. The summed E-state index contributed by atoms with van der Waals surface area (Å²) < 4.78 is 13.6. The molecule has 0 heterocycles. The van der Waals surface area contributed by atoms with Crippen LogP contribution in [0.25, 0.3) is 0 Å². The molecule has 0 bridgehead atoms. The molecule has 0 atom stereocenters. The first-order valence-corrected chi connectivity index (χ1v) is 6.08. The van der Waals surface area contributed by atoms with E-state index < -0.39 is 17.8 Å². The number of amides is 2. The average Bonchev–Trinajstić information content (AvgIpc) is 2.37. The highest BCUT2D eigenvalue weighted by Gasteiger charge is 2.17. The molecule has 1 rings (SSSR count). The third kappa shape index (κ3) is 3.81. The first-order valence-electron chi connectivity index (χ1n) is 6.08. The molecule has 0 fully saturated rings. The van der Waals surface area contributed by atoms with E-state index >= 15 is 0 Å². The van der Waals surface area contributed by atoms with Gasteiger partial charge in [0, 0.05) is 12.6 Å². The van der Waals surface area contributed by atoms with E-state index in [1.807, 2.05) is 13.8 Å². The van der Waals surface area contributed by atoms with Gasteiger partial charge in [-0.15, -0.1) is 6.58 Å². The van der Waals surface area contributed by atoms with Crippen molar-refractivity contribution in [1.82, 2.24) is 4.90 Å². The van der Waals surface area contributed by atoms with Crippen LogP contribution in [0.3, 0.4) is 0 Å². The molecule has 0 spiro atoms. The number of nitrogens with zero attached hydrogens (tertiary/aromatic N) is 1. The Kier molecular flexibility index (Phi) is 5.25. The molecule has 0 aliphatic heterocycles. The second kappa shape index (κ2) is 6.70. The molecule has 0 saturated carbocycles. The molecule has 0 radical (unpaired) electrons. The minimum Gasteiger partial charge on any atom is -0.478 e. The number of halogens is 1. The van der Waals surface area contributed by atoms with Crippen LogP contribution in [0.5, 0.6) is 0 Å². The molecule has 0 saturated heterocycles. The van der Waals surface area contributed by atoms with Gasteiger partial charge in [-0.1, -0.05) is 6.08 Å². The van der Waals surface area contributed by atoms with Gasteiger partial charge in [0.1, 0.15) is 5.82 Å². The quantitative estimate of drug-likeness (QED) is 0.815. The minimum atomic E-state index is -1.19. The highest BCUT2D eigenvalue weighted by Crippen LogP contribution is 2.17. The highest BCUT2D eigenvalue weighted by atomic mass is 19.1. The van der Waals surface area contributed by atoms with Crippen LogP contribution in [-0.4, -0.2) is 34.6 Å². The molecular formula is C14H17FN2O3. The third-order valence-electron chi connectivity index (χ3n) is 2.66. The van der Waals surface area contributed by atoms with Crippen molar-refractivity contribution in [2.45, 2.75) is 19.9 Å². The summed E-state index contributed by atoms with van der Waals surface area (Å²) in [7, 11) is 0. The fourth-order valence-corrected chi connectivity index (χ4v) is 1.61. The van der Waals surface area contributed by atoms with E-state index in [9.17, 15) is 14.0 Å². The number of carbonyl (C=O) groups excluding carboxylic acids is 1. The number of carbonyl (C=O) groups is 2. The lowest BCUT2D eigenvalue weighted by molar-refractivity contribution is 0.0697. The van der Waals surface area contributed by atoms with Gasteiger partial charge in [0.15, 0.2) is 0 Å². The third-order valence-corrected chi connectivity index (χ3v) is 2.66. The second-order valence-electron chi connectivity index (χ2n) is 4.46. The Morgan fingerprint density at radius 2 is 2.15 bits per heavy atom. The zero-order chi connectivity index (χ0) is 15.3. The summed E-state index contributed by atoms with van der Waals surface area (Å²) in [6.45, 7) is 7.49. The normalized spacial score (nSPS) is 10.2. The Morgan fingerprint density at radius 1 is 1.50 bits per heavy atom. The summed E-state index contributed by atoms with van der Waals surface area (Å²) in [5, 5.41) is 11.2. The number of hydrogen-bond donors (Lipinski definition) is 2. The topological polar surface area (TPSA) is 69.6 Å². The van der Waals surface area contributed by atoms with E-state index in [4.69, 9.17) is 5.11 Å². The van der Waals surface area contributed by atoms with Crippen molar-refractivity contribution < 1.29 is 19.1 Å². The van der Waals surface area contributed by atoms with Crippen LogP contribution in [0.2, 0.25) is 0 Å². The summed E-state index contributed by atoms with van der Waals surface area (Å²) in [5.41, 5.74) is -0.258. The van der Waals surface area contributed by atoms with Gasteiger partial charge in [0.25, 0.3) is 0 Å². The molecule has 2 N–H and O–H groups in total. The molecule has 108 valence electrons. The van der Waals surface area contributed by atoms with E-state index in [1.165, 1.54) is 4.90 Å². The Balaban J connectivity index is 2.96. The maximum Gasteiger partial charge on any atom is 0.335 e. The van der Waals surface area contributed by atoms with Crippen LogP contribution >= 0.6 is 0 Å². The van der Waals surface area contributed by atoms with Gasteiger partial charge < -0.3 is 15.3 Å². The summed E-state index contributed by atoms with van der Waals surface area (Å²) >= 11 is 0. The number of benzene rings is 1. The van der Waals surface area contributed by atoms with E-state index in [0.29, 0.717) is 6.54 Å². The fraction of sp³-hybridized carbons (Fsp3) is 0.286. The van der Waals surface area contributed by atoms with Crippen molar-refractivity contribution in [1.29, 1.82) is 0 Å². The lowest BCUT2D eigenvalue weighted by Gasteiger charge is -2.25. The van der Waals surface area contributed by atoms with Crippen molar-refractivity contribution in [3.05, 3.63) is 42.2 Å². The number of carboxylic acid groups (broad SMARTS) is 1. The first-order chi connectivity index (χ1) is 9.36. The maximum atomic E-state index is 13.6. The van der Waals surface area contributed by atoms with Gasteiger partial charge in [0.2, 0.25) is 0 Å². The summed E-state index contributed by atoms with van der Waals surface area (Å²) in [6.07, 6.45) is 1.56. The van der Waals surface area contributed by atoms with Crippen LogP contribution in [-0.2, 0) is 0 Å². The molecule has 6 heteroatoms. The van der Waals surface area contributed by atoms with Crippen LogP contribution in [0.4, 0.5) is 14.9 Å². The smallest absolute Gasteiger partial charge is 0.335 e. The maximum absolute atomic E-state index is 13.6. The number of hydrogen-bond acceptors (Lipinski definition) is 2. The number of nitrogens with one attached hydrogen (secondary N) is 1. The Labute approximate surface area is 116 Å². The molecule has 1 aromatic rings. The summed E-state index contributed by atoms with van der Waals surface area (Å²) in [4.78, 5) is 24.3. The van der Waals surface area contributed by atoms with Gasteiger partial charge in [-0.2, -0.15) is 0 Å². The average molecular weight is 280 g/mol. The summed E-state index contributed by atoms with van der Waals surface area (Å²) in [5.74, 6) is -1.88. The predicted octanol–water partition coefficient (Wildman–Crippen LogP) is 2.95. The largest absolute Gasteiger partial charge is 0.478 e. The molecule has 0 aliphatic rings. The Hall–Kier alpha value is -2.37. The standard InChI is InChI=1S/C14H17FN2O3/c1-4-7-17(9(2)3)14(20)16-12-8-10(13(18)19)5-6-11(12)15/h4-6,8-9H,1,7H2,2-3H3,(H,16,20)(H,18,19). The fourth-order valence-electron chi connectivity index (χ4n) is 1.61. The molecule has 0 unspecified atom stereocenters.